The molecule has 0 spiro atoms. The minimum absolute atomic E-state index is 0.0306. The summed E-state index contributed by atoms with van der Waals surface area (Å²) >= 11 is 0. The molecule has 0 bridgehead atoms. The SMILES string of the molecule is C[C@@H](CCCCNC(=O)[C@@H](N)CCCCCC(=O)COCCOCCNC(=O)CC[C@H](NC(=O)CCCCCCCCCCCCC(=O)O)C(=O)O)C(=O)CO. The van der Waals surface area contributed by atoms with E-state index in [-0.39, 0.29) is 93.9 Å². The van der Waals surface area contributed by atoms with Crippen LogP contribution in [0.1, 0.15) is 148 Å². The van der Waals surface area contributed by atoms with E-state index in [1.807, 2.05) is 0 Å². The Morgan fingerprint density at radius 3 is 1.79 bits per heavy atom. The molecule has 0 unspecified atom stereocenters. The number of nitrogens with one attached hydrogen (secondary N) is 3. The second-order valence-corrected chi connectivity index (χ2v) is 14.5. The minimum Gasteiger partial charge on any atom is -0.481 e. The van der Waals surface area contributed by atoms with Gasteiger partial charge in [-0.1, -0.05) is 77.6 Å². The van der Waals surface area contributed by atoms with Gasteiger partial charge in [0.25, 0.3) is 0 Å². The van der Waals surface area contributed by atoms with Crippen molar-refractivity contribution in [1.82, 2.24) is 16.0 Å². The number of unbranched alkanes of at least 4 members (excludes halogenated alkanes) is 12. The summed E-state index contributed by atoms with van der Waals surface area (Å²) in [6, 6.07) is -1.76. The fourth-order valence-electron chi connectivity index (χ4n) is 5.83. The number of rotatable bonds is 40. The smallest absolute Gasteiger partial charge is 0.326 e. The van der Waals surface area contributed by atoms with Gasteiger partial charge in [-0.15, -0.1) is 0 Å². The zero-order valence-electron chi connectivity index (χ0n) is 33.8. The first kappa shape index (κ1) is 52.5. The standard InChI is InChI=1S/C40H72N4O12/c1-31(35(47)29-45)17-15-16-24-43-39(52)33(41)19-12-10-11-18-32(46)30-56-28-27-55-26-25-42-36(48)23-22-34(40(53)54)44-37(49)20-13-8-6-4-2-3-5-7-9-14-21-38(50)51/h31,33-34,45H,2-30,41H2,1H3,(H,42,48)(H,43,52)(H,44,49)(H,50,51)(H,53,54)/t31-,33-,34-/m0/s1. The summed E-state index contributed by atoms with van der Waals surface area (Å²) < 4.78 is 10.8. The van der Waals surface area contributed by atoms with E-state index < -0.39 is 30.6 Å². The highest BCUT2D eigenvalue weighted by Gasteiger charge is 2.21. The average Bonchev–Trinajstić information content (AvgIpc) is 3.16. The van der Waals surface area contributed by atoms with E-state index in [0.717, 1.165) is 83.5 Å². The van der Waals surface area contributed by atoms with E-state index >= 15 is 0 Å². The molecular weight excluding hydrogens is 728 g/mol. The van der Waals surface area contributed by atoms with Crippen molar-refractivity contribution < 1.29 is 58.4 Å². The third kappa shape index (κ3) is 32.7. The molecule has 0 radical (unpaired) electrons. The van der Waals surface area contributed by atoms with Crippen LogP contribution in [0.25, 0.3) is 0 Å². The molecule has 0 aliphatic heterocycles. The predicted molar refractivity (Wildman–Crippen MR) is 211 cm³/mol. The van der Waals surface area contributed by atoms with Gasteiger partial charge in [0, 0.05) is 44.7 Å². The first-order chi connectivity index (χ1) is 26.9. The lowest BCUT2D eigenvalue weighted by Crippen LogP contribution is -2.41. The number of Topliss-reactive ketones (excluding diaryl/α,β-unsaturated/α-hetero) is 2. The molecular formula is C40H72N4O12. The van der Waals surface area contributed by atoms with Gasteiger partial charge in [0.15, 0.2) is 11.6 Å². The third-order valence-electron chi connectivity index (χ3n) is 9.42. The normalized spacial score (nSPS) is 12.7. The number of hydrogen-bond donors (Lipinski definition) is 7. The predicted octanol–water partition coefficient (Wildman–Crippen LogP) is 3.58. The van der Waals surface area contributed by atoms with Crippen molar-refractivity contribution in [3.63, 3.8) is 0 Å². The van der Waals surface area contributed by atoms with Gasteiger partial charge in [0.1, 0.15) is 19.3 Å². The Labute approximate surface area is 333 Å². The number of carboxylic acids is 2. The molecule has 8 N–H and O–H groups in total. The molecule has 3 amide bonds. The van der Waals surface area contributed by atoms with Gasteiger partial charge in [0.05, 0.1) is 25.9 Å². The van der Waals surface area contributed by atoms with Crippen LogP contribution in [0.5, 0.6) is 0 Å². The first-order valence-corrected chi connectivity index (χ1v) is 20.7. The van der Waals surface area contributed by atoms with Crippen LogP contribution in [0.2, 0.25) is 0 Å². The maximum absolute atomic E-state index is 12.3. The summed E-state index contributed by atoms with van der Waals surface area (Å²) in [5, 5.41) is 35.0. The monoisotopic (exact) mass is 801 g/mol. The molecule has 0 saturated heterocycles. The summed E-state index contributed by atoms with van der Waals surface area (Å²) in [5.74, 6) is -3.25. The lowest BCUT2D eigenvalue weighted by atomic mass is 10.00. The molecule has 0 aromatic carbocycles. The number of aliphatic carboxylic acids is 2. The van der Waals surface area contributed by atoms with Crippen LogP contribution in [0.4, 0.5) is 0 Å². The Bertz CT molecular complexity index is 1120. The Hall–Kier alpha value is -3.47. The molecule has 0 heterocycles. The minimum atomic E-state index is -1.19. The molecule has 0 aromatic heterocycles. The molecule has 56 heavy (non-hydrogen) atoms. The van der Waals surface area contributed by atoms with Crippen molar-refractivity contribution in [3.05, 3.63) is 0 Å². The number of ether oxygens (including phenoxy) is 2. The van der Waals surface area contributed by atoms with E-state index in [2.05, 4.69) is 16.0 Å². The summed E-state index contributed by atoms with van der Waals surface area (Å²) in [4.78, 5) is 82.1. The molecule has 0 aromatic rings. The molecule has 0 aliphatic carbocycles. The Kier molecular flexibility index (Phi) is 33.7. The van der Waals surface area contributed by atoms with Crippen LogP contribution in [-0.2, 0) is 43.0 Å². The van der Waals surface area contributed by atoms with Crippen LogP contribution in [0, 0.1) is 5.92 Å². The number of carbonyl (C=O) groups excluding carboxylic acids is 5. The summed E-state index contributed by atoms with van der Waals surface area (Å²) in [5.41, 5.74) is 5.96. The van der Waals surface area contributed by atoms with Crippen LogP contribution in [0.15, 0.2) is 0 Å². The number of hydrogen-bond acceptors (Lipinski definition) is 11. The molecule has 3 atom stereocenters. The fourth-order valence-corrected chi connectivity index (χ4v) is 5.83. The molecule has 0 fully saturated rings. The zero-order chi connectivity index (χ0) is 41.8. The molecule has 0 aliphatic rings. The number of nitrogens with two attached hydrogens (primary N) is 1. The molecule has 0 saturated carbocycles. The largest absolute Gasteiger partial charge is 0.481 e. The van der Waals surface area contributed by atoms with Gasteiger partial charge in [-0.25, -0.2) is 4.79 Å². The highest BCUT2D eigenvalue weighted by molar-refractivity contribution is 5.84. The quantitative estimate of drug-likeness (QED) is 0.0438. The zero-order valence-corrected chi connectivity index (χ0v) is 33.8. The van der Waals surface area contributed by atoms with Crippen LogP contribution in [0.3, 0.4) is 0 Å². The molecule has 16 nitrogen and oxygen atoms in total. The highest BCUT2D eigenvalue weighted by atomic mass is 16.5. The number of aliphatic hydroxyl groups excluding tert-OH is 1. The van der Waals surface area contributed by atoms with Gasteiger partial charge < -0.3 is 46.5 Å². The number of ketones is 2. The van der Waals surface area contributed by atoms with E-state index in [0.29, 0.717) is 38.6 Å². The first-order valence-electron chi connectivity index (χ1n) is 20.7. The van der Waals surface area contributed by atoms with Crippen molar-refractivity contribution in [3.8, 4) is 0 Å². The molecule has 16 heteroatoms. The topological polar surface area (TPSA) is 261 Å². The summed E-state index contributed by atoms with van der Waals surface area (Å²) in [7, 11) is 0. The van der Waals surface area contributed by atoms with E-state index in [4.69, 9.17) is 25.4 Å². The highest BCUT2D eigenvalue weighted by Crippen LogP contribution is 2.13. The number of carbonyl (C=O) groups is 7. The van der Waals surface area contributed by atoms with Crippen molar-refractivity contribution in [2.75, 3.05) is 46.1 Å². The third-order valence-corrected chi connectivity index (χ3v) is 9.42. The van der Waals surface area contributed by atoms with Gasteiger partial charge in [-0.05, 0) is 44.9 Å². The van der Waals surface area contributed by atoms with E-state index in [9.17, 15) is 38.7 Å². The maximum atomic E-state index is 12.3. The van der Waals surface area contributed by atoms with E-state index in [1.54, 1.807) is 6.92 Å². The Balaban J connectivity index is 3.76. The lowest BCUT2D eigenvalue weighted by Gasteiger charge is -2.14. The van der Waals surface area contributed by atoms with Crippen molar-refractivity contribution in [1.29, 1.82) is 0 Å². The second-order valence-electron chi connectivity index (χ2n) is 14.5. The van der Waals surface area contributed by atoms with E-state index in [1.165, 1.54) is 0 Å². The molecule has 0 rings (SSSR count). The van der Waals surface area contributed by atoms with Crippen LogP contribution >= 0.6 is 0 Å². The van der Waals surface area contributed by atoms with Crippen molar-refractivity contribution in [2.45, 2.75) is 160 Å². The Morgan fingerprint density at radius 1 is 0.589 bits per heavy atom. The van der Waals surface area contributed by atoms with Gasteiger partial charge in [-0.2, -0.15) is 0 Å². The van der Waals surface area contributed by atoms with Crippen molar-refractivity contribution in [2.24, 2.45) is 11.7 Å². The van der Waals surface area contributed by atoms with Crippen LogP contribution < -0.4 is 21.7 Å². The average molecular weight is 801 g/mol. The number of aliphatic hydroxyl groups is 1. The fraction of sp³-hybridized carbons (Fsp3) is 0.825. The lowest BCUT2D eigenvalue weighted by molar-refractivity contribution is -0.142. The maximum Gasteiger partial charge on any atom is 0.326 e. The summed E-state index contributed by atoms with van der Waals surface area (Å²) in [6.45, 7) is 2.66. The van der Waals surface area contributed by atoms with Crippen molar-refractivity contribution >= 4 is 41.2 Å². The van der Waals surface area contributed by atoms with Gasteiger partial charge in [0.2, 0.25) is 17.7 Å². The molecule has 324 valence electrons. The Morgan fingerprint density at radius 2 is 1.16 bits per heavy atom. The number of amides is 3. The van der Waals surface area contributed by atoms with Crippen LogP contribution in [-0.4, -0.2) is 115 Å². The second kappa shape index (κ2) is 35.9. The number of carboxylic acid groups (broad SMARTS) is 2. The van der Waals surface area contributed by atoms with Gasteiger partial charge in [-0.3, -0.25) is 28.8 Å². The van der Waals surface area contributed by atoms with Gasteiger partial charge >= 0.3 is 11.9 Å². The summed E-state index contributed by atoms with van der Waals surface area (Å²) in [6.07, 6.45) is 15.2.